The summed E-state index contributed by atoms with van der Waals surface area (Å²) in [5.41, 5.74) is 3.79. The van der Waals surface area contributed by atoms with Gasteiger partial charge in [0, 0.05) is 17.7 Å². The second-order valence-electron chi connectivity index (χ2n) is 5.85. The third-order valence-electron chi connectivity index (χ3n) is 4.19. The number of methoxy groups -OCH3 is 1. The lowest BCUT2D eigenvalue weighted by atomic mass is 10.1. The van der Waals surface area contributed by atoms with Crippen molar-refractivity contribution in [1.29, 1.82) is 0 Å². The maximum atomic E-state index is 14.1. The van der Waals surface area contributed by atoms with Gasteiger partial charge in [-0.25, -0.2) is 4.39 Å². The number of ether oxygens (including phenoxy) is 1. The van der Waals surface area contributed by atoms with Crippen LogP contribution in [0.1, 0.15) is 11.3 Å². The van der Waals surface area contributed by atoms with Gasteiger partial charge in [-0.15, -0.1) is 10.2 Å². The van der Waals surface area contributed by atoms with Crippen molar-refractivity contribution in [3.05, 3.63) is 59.8 Å². The molecule has 0 spiro atoms. The van der Waals surface area contributed by atoms with Gasteiger partial charge in [0.1, 0.15) is 23.7 Å². The van der Waals surface area contributed by atoms with E-state index >= 15 is 0 Å². The number of benzene rings is 1. The van der Waals surface area contributed by atoms with Crippen LogP contribution in [0.25, 0.3) is 16.9 Å². The summed E-state index contributed by atoms with van der Waals surface area (Å²) >= 11 is 0. The quantitative estimate of drug-likeness (QED) is 0.577. The number of H-pyrrole nitrogens is 1. The molecule has 7 nitrogen and oxygen atoms in total. The molecule has 2 N–H and O–H groups in total. The summed E-state index contributed by atoms with van der Waals surface area (Å²) in [4.78, 5) is 0. The normalized spacial score (nSPS) is 11.0. The summed E-state index contributed by atoms with van der Waals surface area (Å²) in [7, 11) is 1.53. The van der Waals surface area contributed by atoms with Crippen molar-refractivity contribution in [3.8, 4) is 17.0 Å². The smallest absolute Gasteiger partial charge is 0.171 e. The molecule has 0 aliphatic rings. The average Bonchev–Trinajstić information content (AvgIpc) is 3.29. The Labute approximate surface area is 148 Å². The van der Waals surface area contributed by atoms with Crippen molar-refractivity contribution in [2.75, 3.05) is 12.4 Å². The van der Waals surface area contributed by atoms with Crippen LogP contribution in [0.3, 0.4) is 0 Å². The van der Waals surface area contributed by atoms with E-state index in [4.69, 9.17) is 4.74 Å². The molecule has 26 heavy (non-hydrogen) atoms. The molecule has 0 saturated heterocycles. The molecule has 0 aliphatic carbocycles. The summed E-state index contributed by atoms with van der Waals surface area (Å²) in [6.45, 7) is 2.18. The molecule has 1 aromatic carbocycles. The molecule has 0 radical (unpaired) electrons. The van der Waals surface area contributed by atoms with Crippen molar-refractivity contribution in [2.45, 2.75) is 13.5 Å². The lowest BCUT2D eigenvalue weighted by molar-refractivity contribution is 0.405. The van der Waals surface area contributed by atoms with Gasteiger partial charge < -0.3 is 10.1 Å². The van der Waals surface area contributed by atoms with E-state index in [0.29, 0.717) is 17.0 Å². The number of hydrogen-bond donors (Lipinski definition) is 2. The molecule has 0 saturated carbocycles. The topological polar surface area (TPSA) is 80.1 Å². The lowest BCUT2D eigenvalue weighted by Gasteiger charge is -2.13. The van der Waals surface area contributed by atoms with Crippen LogP contribution in [0.5, 0.6) is 5.75 Å². The van der Waals surface area contributed by atoms with Crippen molar-refractivity contribution < 1.29 is 9.13 Å². The Morgan fingerprint density at radius 2 is 2.15 bits per heavy atom. The third-order valence-corrected chi connectivity index (χ3v) is 4.19. The van der Waals surface area contributed by atoms with Crippen LogP contribution in [0.15, 0.2) is 42.7 Å². The van der Waals surface area contributed by atoms with Gasteiger partial charge in [0.05, 0.1) is 18.5 Å². The Hall–Kier alpha value is -3.42. The molecule has 4 aromatic rings. The van der Waals surface area contributed by atoms with Crippen molar-refractivity contribution in [3.63, 3.8) is 0 Å². The Bertz CT molecular complexity index is 1070. The van der Waals surface area contributed by atoms with Crippen LogP contribution in [0.4, 0.5) is 10.2 Å². The molecule has 0 unspecified atom stereocenters. The monoisotopic (exact) mass is 352 g/mol. The Balaban J connectivity index is 1.68. The largest absolute Gasteiger partial charge is 0.496 e. The highest BCUT2D eigenvalue weighted by molar-refractivity contribution is 5.76. The van der Waals surface area contributed by atoms with E-state index in [2.05, 4.69) is 25.7 Å². The summed E-state index contributed by atoms with van der Waals surface area (Å²) in [5.74, 6) is 0.929. The molecule has 0 fully saturated rings. The second kappa shape index (κ2) is 6.47. The van der Waals surface area contributed by atoms with Crippen LogP contribution in [-0.2, 0) is 6.54 Å². The van der Waals surface area contributed by atoms with Crippen LogP contribution < -0.4 is 10.1 Å². The number of hydrogen-bond acceptors (Lipinski definition) is 5. The summed E-state index contributed by atoms with van der Waals surface area (Å²) in [6, 6.07) is 10.5. The van der Waals surface area contributed by atoms with E-state index in [1.807, 2.05) is 29.5 Å². The number of aryl methyl sites for hydroxylation is 1. The summed E-state index contributed by atoms with van der Waals surface area (Å²) in [5, 5.41) is 18.6. The average molecular weight is 352 g/mol. The highest BCUT2D eigenvalue weighted by Gasteiger charge is 2.13. The summed E-state index contributed by atoms with van der Waals surface area (Å²) in [6.07, 6.45) is 1.61. The van der Waals surface area contributed by atoms with E-state index < -0.39 is 0 Å². The first-order valence-corrected chi connectivity index (χ1v) is 8.07. The van der Waals surface area contributed by atoms with Crippen LogP contribution >= 0.6 is 0 Å². The maximum Gasteiger partial charge on any atom is 0.171 e. The van der Waals surface area contributed by atoms with E-state index in [-0.39, 0.29) is 12.4 Å². The number of rotatable bonds is 5. The molecule has 4 rings (SSSR count). The fraction of sp³-hybridized carbons (Fsp3) is 0.167. The highest BCUT2D eigenvalue weighted by atomic mass is 19.1. The Kier molecular flexibility index (Phi) is 4.00. The van der Waals surface area contributed by atoms with Crippen LogP contribution in [0, 0.1) is 12.7 Å². The van der Waals surface area contributed by atoms with Crippen LogP contribution in [0.2, 0.25) is 0 Å². The molecular weight excluding hydrogens is 335 g/mol. The van der Waals surface area contributed by atoms with Gasteiger partial charge >= 0.3 is 0 Å². The number of aromatic nitrogens is 5. The van der Waals surface area contributed by atoms with Crippen molar-refractivity contribution in [2.24, 2.45) is 0 Å². The van der Waals surface area contributed by atoms with Gasteiger partial charge in [-0.2, -0.15) is 5.10 Å². The van der Waals surface area contributed by atoms with Gasteiger partial charge in [0.25, 0.3) is 0 Å². The predicted molar refractivity (Wildman–Crippen MR) is 95.6 cm³/mol. The van der Waals surface area contributed by atoms with Gasteiger partial charge in [0.15, 0.2) is 5.65 Å². The molecule has 3 aromatic heterocycles. The Morgan fingerprint density at radius 3 is 2.92 bits per heavy atom. The first-order chi connectivity index (χ1) is 12.7. The minimum atomic E-state index is -0.318. The molecule has 8 heteroatoms. The fourth-order valence-corrected chi connectivity index (χ4v) is 2.91. The van der Waals surface area contributed by atoms with E-state index in [0.717, 1.165) is 22.8 Å². The van der Waals surface area contributed by atoms with Crippen LogP contribution in [-0.4, -0.2) is 31.9 Å². The SMILES string of the molecule is COc1cccc(F)c1CNc1ccc(-c2cc(C)n[nH]2)c2nncn12. The molecular formula is C18H17FN6O. The fourth-order valence-electron chi connectivity index (χ4n) is 2.91. The zero-order valence-corrected chi connectivity index (χ0v) is 14.3. The predicted octanol–water partition coefficient (Wildman–Crippen LogP) is 3.19. The molecule has 0 bridgehead atoms. The number of nitrogens with one attached hydrogen (secondary N) is 2. The third kappa shape index (κ3) is 2.75. The number of halogens is 1. The number of fused-ring (bicyclic) bond motifs is 1. The standard InChI is InChI=1S/C18H17FN6O/c1-11-8-15(23-22-11)12-6-7-17(25-10-21-24-18(12)25)20-9-13-14(19)4-3-5-16(13)26-2/h3-8,10,20H,9H2,1-2H3,(H,22,23). The number of aromatic amines is 1. The van der Waals surface area contributed by atoms with E-state index in [9.17, 15) is 4.39 Å². The zero-order chi connectivity index (χ0) is 18.1. The Morgan fingerprint density at radius 1 is 1.27 bits per heavy atom. The minimum Gasteiger partial charge on any atom is -0.496 e. The number of pyridine rings is 1. The van der Waals surface area contributed by atoms with Gasteiger partial charge in [-0.3, -0.25) is 9.50 Å². The number of nitrogens with zero attached hydrogens (tertiary/aromatic N) is 4. The van der Waals surface area contributed by atoms with Crippen molar-refractivity contribution in [1.82, 2.24) is 24.8 Å². The maximum absolute atomic E-state index is 14.1. The molecule has 132 valence electrons. The molecule has 3 heterocycles. The molecule has 0 atom stereocenters. The lowest BCUT2D eigenvalue weighted by Crippen LogP contribution is -2.07. The second-order valence-corrected chi connectivity index (χ2v) is 5.85. The number of anilines is 1. The van der Waals surface area contributed by atoms with E-state index in [1.54, 1.807) is 18.5 Å². The minimum absolute atomic E-state index is 0.269. The summed E-state index contributed by atoms with van der Waals surface area (Å²) < 4.78 is 21.2. The molecule has 0 amide bonds. The van der Waals surface area contributed by atoms with Gasteiger partial charge in [0.2, 0.25) is 0 Å². The first-order valence-electron chi connectivity index (χ1n) is 8.07. The first kappa shape index (κ1) is 16.1. The van der Waals surface area contributed by atoms with E-state index in [1.165, 1.54) is 13.2 Å². The van der Waals surface area contributed by atoms with Crippen molar-refractivity contribution >= 4 is 11.5 Å². The van der Waals surface area contributed by atoms with Gasteiger partial charge in [-0.1, -0.05) is 6.07 Å². The zero-order valence-electron chi connectivity index (χ0n) is 14.3. The van der Waals surface area contributed by atoms with Gasteiger partial charge in [-0.05, 0) is 37.3 Å². The molecule has 0 aliphatic heterocycles. The highest BCUT2D eigenvalue weighted by Crippen LogP contribution is 2.26.